The smallest absolute Gasteiger partial charge is 1.00 e. The molecule has 0 radical (unpaired) electrons. The summed E-state index contributed by atoms with van der Waals surface area (Å²) in [5, 5.41) is 24.7. The molecule has 0 spiro atoms. The number of aliphatic hydroxyl groups excluding tert-OH is 1. The van der Waals surface area contributed by atoms with E-state index in [4.69, 9.17) is 15.3 Å². The van der Waals surface area contributed by atoms with Crippen molar-refractivity contribution < 1.29 is 45.2 Å². The summed E-state index contributed by atoms with van der Waals surface area (Å²) < 4.78 is 0. The average Bonchev–Trinajstić information content (AvgIpc) is 2.66. The molecule has 0 bridgehead atoms. The normalized spacial score (nSPS) is 8.66. The number of aryl methyl sites for hydroxylation is 3. The molecule has 0 unspecified atom stereocenters. The summed E-state index contributed by atoms with van der Waals surface area (Å²) in [6, 6.07) is 18.0. The van der Waals surface area contributed by atoms with Crippen molar-refractivity contribution in [3.63, 3.8) is 0 Å². The molecule has 2 aromatic carbocycles. The van der Waals surface area contributed by atoms with Crippen molar-refractivity contribution in [3.8, 4) is 0 Å². The monoisotopic (exact) mass is 412 g/mol. The number of carboxylic acids is 2. The predicted molar refractivity (Wildman–Crippen MR) is 118 cm³/mol. The summed E-state index contributed by atoms with van der Waals surface area (Å²) in [5.41, 5.74) is 3.69. The quantitative estimate of drug-likeness (QED) is 0.558. The molecule has 0 aliphatic carbocycles. The fraction of sp³-hybridized carbons (Fsp3) is 0.364. The molecule has 0 saturated heterocycles. The Kier molecular flexibility index (Phi) is 23.5. The van der Waals surface area contributed by atoms with Gasteiger partial charge in [-0.15, -0.1) is 0 Å². The van der Waals surface area contributed by atoms with Crippen LogP contribution in [0.2, 0.25) is 0 Å². The van der Waals surface area contributed by atoms with Crippen LogP contribution < -0.4 is 18.9 Å². The SMILES string of the molecule is CCC(=O)O.Cc1cccc(CCCO)c1.O=C(O)CCc1ccccc1.[AlH3].[H-].[Li+]. The van der Waals surface area contributed by atoms with Crippen LogP contribution in [-0.4, -0.2) is 51.2 Å². The number of aliphatic carboxylic acids is 2. The molecule has 0 atom stereocenters. The molecule has 29 heavy (non-hydrogen) atoms. The standard InChI is InChI=1S/C10H14O.C9H10O2.C3H6O2.Al.Li.4H/c1-9-4-2-5-10(8-9)6-3-7-11;10-9(11)7-6-8-4-2-1-3-5-8;1-2-3(4)5;;;;;;/h2,4-5,8,11H,3,6-7H2,1H3;1-5H,6-7H2,(H,10,11);2H2,1H3,(H,4,5);;;;;;/q;;;;+1;;;;-1. The van der Waals surface area contributed by atoms with Crippen LogP contribution >= 0.6 is 0 Å². The zero-order valence-corrected chi connectivity index (χ0v) is 17.1. The minimum absolute atomic E-state index is 0. The Balaban J connectivity index is -0.000000171. The van der Waals surface area contributed by atoms with Gasteiger partial charge < -0.3 is 16.7 Å². The van der Waals surface area contributed by atoms with E-state index in [1.54, 1.807) is 6.92 Å². The van der Waals surface area contributed by atoms with Crippen LogP contribution in [0.25, 0.3) is 0 Å². The van der Waals surface area contributed by atoms with E-state index >= 15 is 0 Å². The first-order valence-corrected chi connectivity index (χ1v) is 9.03. The van der Waals surface area contributed by atoms with Gasteiger partial charge in [0, 0.05) is 19.4 Å². The van der Waals surface area contributed by atoms with Crippen LogP contribution in [0, 0.1) is 6.92 Å². The van der Waals surface area contributed by atoms with E-state index in [0.29, 0.717) is 6.42 Å². The minimum Gasteiger partial charge on any atom is -1.00 e. The Morgan fingerprint density at radius 3 is 1.90 bits per heavy atom. The first-order chi connectivity index (χ1) is 12.9. The maximum absolute atomic E-state index is 10.2. The molecule has 0 aliphatic rings. The van der Waals surface area contributed by atoms with E-state index in [1.165, 1.54) is 11.1 Å². The molecule has 0 fully saturated rings. The molecule has 2 aromatic rings. The molecule has 7 heteroatoms. The maximum atomic E-state index is 10.2. The van der Waals surface area contributed by atoms with E-state index in [-0.39, 0.29) is 57.1 Å². The Hall–Kier alpha value is -1.53. The number of aliphatic hydroxyl groups is 1. The predicted octanol–water partition coefficient (Wildman–Crippen LogP) is 0.0373. The molecule has 0 amide bonds. The number of carboxylic acid groups (broad SMARTS) is 2. The molecular formula is C22H34AlLiO5. The second-order valence-corrected chi connectivity index (χ2v) is 5.94. The summed E-state index contributed by atoms with van der Waals surface area (Å²) in [6.07, 6.45) is 2.90. The average molecular weight is 412 g/mol. The molecule has 5 nitrogen and oxygen atoms in total. The van der Waals surface area contributed by atoms with Gasteiger partial charge in [-0.1, -0.05) is 67.1 Å². The Labute approximate surface area is 198 Å². The van der Waals surface area contributed by atoms with Crippen molar-refractivity contribution in [3.05, 3.63) is 71.3 Å². The first-order valence-electron chi connectivity index (χ1n) is 9.03. The van der Waals surface area contributed by atoms with Crippen LogP contribution in [0.4, 0.5) is 0 Å². The summed E-state index contributed by atoms with van der Waals surface area (Å²) in [6.45, 7) is 3.97. The molecule has 0 aliphatic heterocycles. The molecule has 156 valence electrons. The first kappa shape index (κ1) is 32.1. The van der Waals surface area contributed by atoms with Crippen LogP contribution in [0.15, 0.2) is 54.6 Å². The van der Waals surface area contributed by atoms with Crippen molar-refractivity contribution in [2.75, 3.05) is 6.61 Å². The van der Waals surface area contributed by atoms with Crippen LogP contribution in [-0.2, 0) is 22.4 Å². The van der Waals surface area contributed by atoms with E-state index in [1.807, 2.05) is 30.3 Å². The van der Waals surface area contributed by atoms with E-state index in [9.17, 15) is 9.59 Å². The summed E-state index contributed by atoms with van der Waals surface area (Å²) in [5.74, 6) is -1.49. The summed E-state index contributed by atoms with van der Waals surface area (Å²) in [4.78, 5) is 19.5. The van der Waals surface area contributed by atoms with Crippen LogP contribution in [0.5, 0.6) is 0 Å². The van der Waals surface area contributed by atoms with Gasteiger partial charge in [0.2, 0.25) is 0 Å². The third-order valence-electron chi connectivity index (χ3n) is 3.48. The van der Waals surface area contributed by atoms with Gasteiger partial charge in [-0.25, -0.2) is 0 Å². The summed E-state index contributed by atoms with van der Waals surface area (Å²) in [7, 11) is 0. The van der Waals surface area contributed by atoms with Gasteiger partial charge in [0.15, 0.2) is 17.4 Å². The number of carbonyl (C=O) groups is 2. The van der Waals surface area contributed by atoms with Crippen molar-refractivity contribution in [1.82, 2.24) is 0 Å². The van der Waals surface area contributed by atoms with Crippen LogP contribution in [0.3, 0.4) is 0 Å². The van der Waals surface area contributed by atoms with Gasteiger partial charge in [0.1, 0.15) is 0 Å². The van der Waals surface area contributed by atoms with Crippen molar-refractivity contribution in [2.45, 2.75) is 46.0 Å². The zero-order chi connectivity index (χ0) is 20.5. The van der Waals surface area contributed by atoms with Gasteiger partial charge in [-0.05, 0) is 37.3 Å². The van der Waals surface area contributed by atoms with Gasteiger partial charge in [0.25, 0.3) is 0 Å². The number of hydrogen-bond acceptors (Lipinski definition) is 3. The minimum atomic E-state index is -0.745. The Morgan fingerprint density at radius 2 is 1.45 bits per heavy atom. The van der Waals surface area contributed by atoms with Gasteiger partial charge in [0.05, 0.1) is 0 Å². The summed E-state index contributed by atoms with van der Waals surface area (Å²) >= 11 is 0. The molecule has 3 N–H and O–H groups in total. The molecule has 0 saturated carbocycles. The third-order valence-corrected chi connectivity index (χ3v) is 3.48. The maximum Gasteiger partial charge on any atom is 1.00 e. The molecule has 0 heterocycles. The largest absolute Gasteiger partial charge is 1.00 e. The Bertz CT molecular complexity index is 672. The van der Waals surface area contributed by atoms with Crippen molar-refractivity contribution in [1.29, 1.82) is 0 Å². The van der Waals surface area contributed by atoms with Crippen molar-refractivity contribution in [2.24, 2.45) is 0 Å². The Morgan fingerprint density at radius 1 is 0.897 bits per heavy atom. The van der Waals surface area contributed by atoms with Gasteiger partial charge in [-0.2, -0.15) is 0 Å². The third kappa shape index (κ3) is 21.0. The zero-order valence-electron chi connectivity index (χ0n) is 18.1. The molecule has 0 aromatic heterocycles. The second kappa shape index (κ2) is 21.2. The van der Waals surface area contributed by atoms with Crippen molar-refractivity contribution >= 4 is 29.3 Å². The van der Waals surface area contributed by atoms with E-state index in [0.717, 1.165) is 18.4 Å². The molecule has 2 rings (SSSR count). The van der Waals surface area contributed by atoms with E-state index < -0.39 is 11.9 Å². The second-order valence-electron chi connectivity index (χ2n) is 5.94. The fourth-order valence-electron chi connectivity index (χ4n) is 2.05. The van der Waals surface area contributed by atoms with Gasteiger partial charge >= 0.3 is 30.8 Å². The topological polar surface area (TPSA) is 94.8 Å². The fourth-order valence-corrected chi connectivity index (χ4v) is 2.05. The van der Waals surface area contributed by atoms with Crippen LogP contribution in [0.1, 0.15) is 44.3 Å². The number of rotatable bonds is 7. The molecular weight excluding hydrogens is 378 g/mol. The number of benzene rings is 2. The number of hydrogen-bond donors (Lipinski definition) is 3. The van der Waals surface area contributed by atoms with Gasteiger partial charge in [-0.3, -0.25) is 9.59 Å². The van der Waals surface area contributed by atoms with E-state index in [2.05, 4.69) is 31.2 Å².